The third-order valence-corrected chi connectivity index (χ3v) is 3.49. The smallest absolute Gasteiger partial charge is 0.254 e. The van der Waals surface area contributed by atoms with E-state index in [-0.39, 0.29) is 13.4 Å². The summed E-state index contributed by atoms with van der Waals surface area (Å²) in [5.41, 5.74) is 0.788. The minimum Gasteiger partial charge on any atom is -0.497 e. The standard InChI is InChI=1S/C17H14N2O5/c1-20-12-4-2-3-11(7-12)17-19-18-16(24-17)9-21-13-5-6-14-15(8-13)23-10-22-14/h2-8H,9-10H2,1H3. The van der Waals surface area contributed by atoms with Crippen molar-refractivity contribution < 1.29 is 23.4 Å². The third kappa shape index (κ3) is 2.83. The summed E-state index contributed by atoms with van der Waals surface area (Å²) in [6, 6.07) is 12.8. The van der Waals surface area contributed by atoms with Crippen molar-refractivity contribution in [3.63, 3.8) is 0 Å². The van der Waals surface area contributed by atoms with Gasteiger partial charge in [-0.05, 0) is 30.3 Å². The average Bonchev–Trinajstić information content (AvgIpc) is 3.28. The predicted molar refractivity (Wildman–Crippen MR) is 83.2 cm³/mol. The zero-order valence-corrected chi connectivity index (χ0v) is 12.9. The number of ether oxygens (including phenoxy) is 4. The maximum absolute atomic E-state index is 5.65. The number of aromatic nitrogens is 2. The van der Waals surface area contributed by atoms with Crippen LogP contribution in [0.25, 0.3) is 11.5 Å². The molecule has 1 aromatic heterocycles. The Labute approximate surface area is 137 Å². The van der Waals surface area contributed by atoms with Crippen molar-refractivity contribution in [3.05, 3.63) is 48.4 Å². The van der Waals surface area contributed by atoms with E-state index < -0.39 is 0 Å². The Morgan fingerprint density at radius 3 is 2.83 bits per heavy atom. The third-order valence-electron chi connectivity index (χ3n) is 3.49. The van der Waals surface area contributed by atoms with Crippen molar-refractivity contribution in [2.75, 3.05) is 13.9 Å². The molecular formula is C17H14N2O5. The molecule has 4 rings (SSSR count). The molecule has 1 aliphatic rings. The molecule has 7 heteroatoms. The maximum atomic E-state index is 5.65. The SMILES string of the molecule is COc1cccc(-c2nnc(COc3ccc4c(c3)OCO4)o2)c1. The second-order valence-electron chi connectivity index (χ2n) is 5.04. The van der Waals surface area contributed by atoms with E-state index in [1.54, 1.807) is 25.3 Å². The predicted octanol–water partition coefficient (Wildman–Crippen LogP) is 3.05. The van der Waals surface area contributed by atoms with E-state index in [4.69, 9.17) is 23.4 Å². The second kappa shape index (κ2) is 6.11. The highest BCUT2D eigenvalue weighted by Crippen LogP contribution is 2.35. The first-order chi connectivity index (χ1) is 11.8. The first-order valence-electron chi connectivity index (χ1n) is 7.31. The van der Waals surface area contributed by atoms with Gasteiger partial charge in [-0.15, -0.1) is 10.2 Å². The van der Waals surface area contributed by atoms with Crippen molar-refractivity contribution in [3.8, 4) is 34.5 Å². The fourth-order valence-corrected chi connectivity index (χ4v) is 2.30. The zero-order chi connectivity index (χ0) is 16.4. The highest BCUT2D eigenvalue weighted by Gasteiger charge is 2.15. The molecule has 0 fully saturated rings. The molecule has 0 spiro atoms. The van der Waals surface area contributed by atoms with Crippen LogP contribution in [0.15, 0.2) is 46.9 Å². The molecule has 1 aliphatic heterocycles. The molecule has 0 aliphatic carbocycles. The lowest BCUT2D eigenvalue weighted by atomic mass is 10.2. The molecule has 0 atom stereocenters. The van der Waals surface area contributed by atoms with E-state index in [0.717, 1.165) is 11.3 Å². The van der Waals surface area contributed by atoms with Gasteiger partial charge in [0, 0.05) is 11.6 Å². The first-order valence-corrected chi connectivity index (χ1v) is 7.31. The molecule has 2 heterocycles. The zero-order valence-electron chi connectivity index (χ0n) is 12.9. The molecular weight excluding hydrogens is 312 g/mol. The Balaban J connectivity index is 1.45. The number of methoxy groups -OCH3 is 1. The van der Waals surface area contributed by atoms with Crippen molar-refractivity contribution in [2.24, 2.45) is 0 Å². The summed E-state index contributed by atoms with van der Waals surface area (Å²) in [5.74, 6) is 3.53. The molecule has 0 saturated carbocycles. The lowest BCUT2D eigenvalue weighted by Crippen LogP contribution is -1.95. The fourth-order valence-electron chi connectivity index (χ4n) is 2.30. The van der Waals surface area contributed by atoms with Gasteiger partial charge in [0.15, 0.2) is 18.1 Å². The van der Waals surface area contributed by atoms with E-state index in [0.29, 0.717) is 29.0 Å². The van der Waals surface area contributed by atoms with E-state index in [1.165, 1.54) is 0 Å². The molecule has 0 saturated heterocycles. The van der Waals surface area contributed by atoms with Crippen molar-refractivity contribution in [2.45, 2.75) is 6.61 Å². The molecule has 122 valence electrons. The number of benzene rings is 2. The molecule has 0 unspecified atom stereocenters. The van der Waals surface area contributed by atoms with E-state index in [2.05, 4.69) is 10.2 Å². The van der Waals surface area contributed by atoms with Gasteiger partial charge in [0.05, 0.1) is 7.11 Å². The van der Waals surface area contributed by atoms with Crippen LogP contribution in [0.3, 0.4) is 0 Å². The summed E-state index contributed by atoms with van der Waals surface area (Å²) in [4.78, 5) is 0. The van der Waals surface area contributed by atoms with Crippen molar-refractivity contribution in [1.82, 2.24) is 10.2 Å². The largest absolute Gasteiger partial charge is 0.497 e. The van der Waals surface area contributed by atoms with Crippen LogP contribution < -0.4 is 18.9 Å². The molecule has 24 heavy (non-hydrogen) atoms. The Hall–Kier alpha value is -3.22. The minimum atomic E-state index is 0.163. The molecule has 2 aromatic carbocycles. The Kier molecular flexibility index (Phi) is 3.66. The van der Waals surface area contributed by atoms with Crippen LogP contribution in [0.5, 0.6) is 23.0 Å². The molecule has 3 aromatic rings. The number of hydrogen-bond donors (Lipinski definition) is 0. The first kappa shape index (κ1) is 14.4. The number of nitrogens with zero attached hydrogens (tertiary/aromatic N) is 2. The van der Waals surface area contributed by atoms with Crippen LogP contribution in [0.2, 0.25) is 0 Å². The topological polar surface area (TPSA) is 75.8 Å². The highest BCUT2D eigenvalue weighted by atomic mass is 16.7. The van der Waals surface area contributed by atoms with Crippen LogP contribution >= 0.6 is 0 Å². The normalized spacial score (nSPS) is 12.2. The van der Waals surface area contributed by atoms with Crippen LogP contribution in [0.4, 0.5) is 0 Å². The molecule has 7 nitrogen and oxygen atoms in total. The average molecular weight is 326 g/mol. The number of rotatable bonds is 5. The lowest BCUT2D eigenvalue weighted by Gasteiger charge is -2.04. The molecule has 0 radical (unpaired) electrons. The van der Waals surface area contributed by atoms with E-state index in [1.807, 2.05) is 24.3 Å². The molecule has 0 amide bonds. The van der Waals surface area contributed by atoms with Gasteiger partial charge >= 0.3 is 0 Å². The summed E-state index contributed by atoms with van der Waals surface area (Å²) in [6.07, 6.45) is 0. The number of hydrogen-bond acceptors (Lipinski definition) is 7. The van der Waals surface area contributed by atoms with Gasteiger partial charge in [-0.1, -0.05) is 6.07 Å². The summed E-state index contributed by atoms with van der Waals surface area (Å²) < 4.78 is 27.0. The Bertz CT molecular complexity index is 862. The lowest BCUT2D eigenvalue weighted by molar-refractivity contribution is 0.173. The van der Waals surface area contributed by atoms with Gasteiger partial charge in [-0.3, -0.25) is 0 Å². The van der Waals surface area contributed by atoms with E-state index >= 15 is 0 Å². The number of fused-ring (bicyclic) bond motifs is 1. The van der Waals surface area contributed by atoms with Gasteiger partial charge < -0.3 is 23.4 Å². The molecule has 0 bridgehead atoms. The van der Waals surface area contributed by atoms with Gasteiger partial charge in [-0.2, -0.15) is 0 Å². The van der Waals surface area contributed by atoms with Crippen LogP contribution in [-0.4, -0.2) is 24.1 Å². The van der Waals surface area contributed by atoms with Gasteiger partial charge in [0.1, 0.15) is 11.5 Å². The minimum absolute atomic E-state index is 0.163. The Morgan fingerprint density at radius 1 is 1.00 bits per heavy atom. The summed E-state index contributed by atoms with van der Waals surface area (Å²) in [6.45, 7) is 0.392. The van der Waals surface area contributed by atoms with E-state index in [9.17, 15) is 0 Å². The highest BCUT2D eigenvalue weighted by molar-refractivity contribution is 5.55. The van der Waals surface area contributed by atoms with Gasteiger partial charge in [-0.25, -0.2) is 0 Å². The fraction of sp³-hybridized carbons (Fsp3) is 0.176. The molecule has 0 N–H and O–H groups in total. The summed E-state index contributed by atoms with van der Waals surface area (Å²) >= 11 is 0. The van der Waals surface area contributed by atoms with Gasteiger partial charge in [0.25, 0.3) is 5.89 Å². The maximum Gasteiger partial charge on any atom is 0.254 e. The Morgan fingerprint density at radius 2 is 1.92 bits per heavy atom. The van der Waals surface area contributed by atoms with Crippen molar-refractivity contribution in [1.29, 1.82) is 0 Å². The summed E-state index contributed by atoms with van der Waals surface area (Å²) in [5, 5.41) is 8.03. The quantitative estimate of drug-likeness (QED) is 0.713. The van der Waals surface area contributed by atoms with Crippen molar-refractivity contribution >= 4 is 0 Å². The summed E-state index contributed by atoms with van der Waals surface area (Å²) in [7, 11) is 1.61. The second-order valence-corrected chi connectivity index (χ2v) is 5.04. The van der Waals surface area contributed by atoms with Crippen LogP contribution in [-0.2, 0) is 6.61 Å². The van der Waals surface area contributed by atoms with Crippen LogP contribution in [0, 0.1) is 0 Å². The van der Waals surface area contributed by atoms with Crippen LogP contribution in [0.1, 0.15) is 5.89 Å². The van der Waals surface area contributed by atoms with Gasteiger partial charge in [0.2, 0.25) is 12.7 Å². The monoisotopic (exact) mass is 326 g/mol.